The van der Waals surface area contributed by atoms with Crippen LogP contribution in [-0.2, 0) is 0 Å². The monoisotopic (exact) mass is 303 g/mol. The topological polar surface area (TPSA) is 30.2 Å². The minimum absolute atomic E-state index is 0.983. The van der Waals surface area contributed by atoms with E-state index in [4.69, 9.17) is 4.98 Å². The highest BCUT2D eigenvalue weighted by Gasteiger charge is 2.14. The quantitative estimate of drug-likeness (QED) is 0.661. The van der Waals surface area contributed by atoms with Crippen molar-refractivity contribution in [3.05, 3.63) is 35.5 Å². The molecule has 0 aliphatic heterocycles. The zero-order valence-electron chi connectivity index (χ0n) is 11.9. The van der Waals surface area contributed by atoms with Crippen molar-refractivity contribution in [1.29, 1.82) is 0 Å². The van der Waals surface area contributed by atoms with Gasteiger partial charge in [-0.05, 0) is 20.3 Å². The molecule has 0 unspecified atom stereocenters. The van der Waals surface area contributed by atoms with Crippen molar-refractivity contribution in [2.45, 2.75) is 31.5 Å². The van der Waals surface area contributed by atoms with Crippen molar-refractivity contribution in [3.8, 4) is 11.3 Å². The van der Waals surface area contributed by atoms with Crippen LogP contribution in [0.5, 0.6) is 0 Å². The van der Waals surface area contributed by atoms with Crippen molar-refractivity contribution in [3.63, 3.8) is 0 Å². The Bertz CT molecular complexity index is 725. The van der Waals surface area contributed by atoms with Crippen molar-refractivity contribution in [2.24, 2.45) is 0 Å². The van der Waals surface area contributed by atoms with Crippen LogP contribution in [0.15, 0.2) is 28.6 Å². The third-order valence-corrected chi connectivity index (χ3v) is 5.41. The van der Waals surface area contributed by atoms with Gasteiger partial charge in [-0.25, -0.2) is 9.50 Å². The van der Waals surface area contributed by atoms with E-state index in [1.165, 1.54) is 12.0 Å². The van der Waals surface area contributed by atoms with E-state index in [2.05, 4.69) is 50.1 Å². The Kier molecular flexibility index (Phi) is 3.81. The lowest BCUT2D eigenvalue weighted by molar-refractivity contribution is 0.882. The van der Waals surface area contributed by atoms with E-state index >= 15 is 0 Å². The summed E-state index contributed by atoms with van der Waals surface area (Å²) in [7, 11) is 0. The molecule has 0 N–H and O–H groups in total. The van der Waals surface area contributed by atoms with Crippen LogP contribution in [0.25, 0.3) is 16.2 Å². The zero-order chi connectivity index (χ0) is 14.1. The number of aryl methyl sites for hydroxylation is 2. The predicted octanol–water partition coefficient (Wildman–Crippen LogP) is 4.58. The predicted molar refractivity (Wildman–Crippen MR) is 86.8 cm³/mol. The number of thioether (sulfide) groups is 1. The number of rotatable bonds is 4. The Hall–Kier alpha value is -1.33. The van der Waals surface area contributed by atoms with Crippen LogP contribution < -0.4 is 0 Å². The number of imidazole rings is 1. The number of fused-ring (bicyclic) bond motifs is 1. The van der Waals surface area contributed by atoms with E-state index in [1.807, 2.05) is 16.3 Å². The molecule has 3 nitrogen and oxygen atoms in total. The van der Waals surface area contributed by atoms with Gasteiger partial charge in [0.15, 0.2) is 4.34 Å². The van der Waals surface area contributed by atoms with Crippen LogP contribution in [0.3, 0.4) is 0 Å². The van der Waals surface area contributed by atoms with E-state index in [1.54, 1.807) is 11.3 Å². The van der Waals surface area contributed by atoms with Gasteiger partial charge in [0.1, 0.15) is 0 Å². The van der Waals surface area contributed by atoms with Crippen LogP contribution in [0.4, 0.5) is 0 Å². The molecule has 3 aromatic rings. The maximum Gasteiger partial charge on any atom is 0.213 e. The normalized spacial score (nSPS) is 11.3. The molecule has 0 saturated heterocycles. The number of benzene rings is 1. The minimum Gasteiger partial charge on any atom is -0.217 e. The van der Waals surface area contributed by atoms with Gasteiger partial charge < -0.3 is 0 Å². The molecule has 0 spiro atoms. The summed E-state index contributed by atoms with van der Waals surface area (Å²) in [6.45, 7) is 6.37. The highest BCUT2D eigenvalue weighted by Crippen LogP contribution is 2.30. The van der Waals surface area contributed by atoms with Crippen LogP contribution in [-0.4, -0.2) is 20.4 Å². The van der Waals surface area contributed by atoms with Crippen molar-refractivity contribution in [1.82, 2.24) is 14.6 Å². The van der Waals surface area contributed by atoms with Crippen molar-refractivity contribution in [2.75, 3.05) is 5.75 Å². The first kappa shape index (κ1) is 13.6. The van der Waals surface area contributed by atoms with E-state index in [9.17, 15) is 0 Å². The van der Waals surface area contributed by atoms with Gasteiger partial charge in [-0.1, -0.05) is 59.9 Å². The van der Waals surface area contributed by atoms with Crippen LogP contribution >= 0.6 is 23.1 Å². The summed E-state index contributed by atoms with van der Waals surface area (Å²) < 4.78 is 3.07. The van der Waals surface area contributed by atoms with Gasteiger partial charge in [0.25, 0.3) is 0 Å². The Morgan fingerprint density at radius 3 is 2.60 bits per heavy atom. The van der Waals surface area contributed by atoms with Gasteiger partial charge in [-0.15, -0.1) is 5.10 Å². The lowest BCUT2D eigenvalue weighted by Gasteiger charge is -1.99. The summed E-state index contributed by atoms with van der Waals surface area (Å²) in [5.74, 6) is 1.11. The fourth-order valence-electron chi connectivity index (χ4n) is 2.06. The minimum atomic E-state index is 0.983. The molecule has 1 aromatic carbocycles. The smallest absolute Gasteiger partial charge is 0.213 e. The molecule has 0 aliphatic rings. The zero-order valence-corrected chi connectivity index (χ0v) is 13.5. The average molecular weight is 303 g/mol. The van der Waals surface area contributed by atoms with E-state index in [-0.39, 0.29) is 0 Å². The molecule has 0 saturated carbocycles. The Morgan fingerprint density at radius 2 is 1.95 bits per heavy atom. The molecule has 0 atom stereocenters. The summed E-state index contributed by atoms with van der Waals surface area (Å²) >= 11 is 3.48. The third-order valence-electron chi connectivity index (χ3n) is 3.16. The first-order valence-corrected chi connectivity index (χ1v) is 8.55. The molecule has 0 fully saturated rings. The number of hydrogen-bond acceptors (Lipinski definition) is 4. The maximum atomic E-state index is 4.75. The van der Waals surface area contributed by atoms with Gasteiger partial charge in [0.05, 0.1) is 11.4 Å². The Morgan fingerprint density at radius 1 is 1.20 bits per heavy atom. The molecule has 0 bridgehead atoms. The van der Waals surface area contributed by atoms with Gasteiger partial charge in [-0.3, -0.25) is 0 Å². The fraction of sp³-hybridized carbons (Fsp3) is 0.333. The largest absolute Gasteiger partial charge is 0.217 e. The lowest BCUT2D eigenvalue weighted by atomic mass is 10.1. The van der Waals surface area contributed by atoms with Gasteiger partial charge in [0, 0.05) is 11.3 Å². The number of hydrogen-bond donors (Lipinski definition) is 0. The molecular formula is C15H17N3S2. The number of nitrogens with zero attached hydrogens (tertiary/aromatic N) is 3. The summed E-state index contributed by atoms with van der Waals surface area (Å²) in [6.07, 6.45) is 1.17. The van der Waals surface area contributed by atoms with E-state index in [0.29, 0.717) is 0 Å². The van der Waals surface area contributed by atoms with Gasteiger partial charge in [-0.2, -0.15) is 0 Å². The Balaban J connectivity index is 1.99. The lowest BCUT2D eigenvalue weighted by Crippen LogP contribution is -1.89. The molecule has 0 radical (unpaired) electrons. The summed E-state index contributed by atoms with van der Waals surface area (Å²) in [5.41, 5.74) is 4.58. The molecule has 3 rings (SSSR count). The van der Waals surface area contributed by atoms with Gasteiger partial charge >= 0.3 is 0 Å². The summed E-state index contributed by atoms with van der Waals surface area (Å²) in [4.78, 5) is 5.73. The molecule has 5 heteroatoms. The standard InChI is InChI=1S/C15H17N3S2/c1-4-9-19-15-17-18-11(3)13(16-14(18)20-15)12-7-5-10(2)6-8-12/h5-8H,4,9H2,1-3H3. The van der Waals surface area contributed by atoms with E-state index in [0.717, 1.165) is 32.0 Å². The van der Waals surface area contributed by atoms with Crippen LogP contribution in [0, 0.1) is 13.8 Å². The number of aromatic nitrogens is 3. The van der Waals surface area contributed by atoms with Gasteiger partial charge in [0.2, 0.25) is 4.96 Å². The molecule has 2 heterocycles. The third kappa shape index (κ3) is 2.47. The van der Waals surface area contributed by atoms with Crippen molar-refractivity contribution >= 4 is 28.1 Å². The molecule has 104 valence electrons. The first-order valence-electron chi connectivity index (χ1n) is 6.75. The SMILES string of the molecule is CCCSc1nn2c(C)c(-c3ccc(C)cc3)nc2s1. The second-order valence-electron chi connectivity index (χ2n) is 4.82. The molecule has 20 heavy (non-hydrogen) atoms. The maximum absolute atomic E-state index is 4.75. The van der Waals surface area contributed by atoms with E-state index < -0.39 is 0 Å². The second kappa shape index (κ2) is 5.58. The fourth-order valence-corrected chi connectivity index (χ4v) is 3.97. The summed E-state index contributed by atoms with van der Waals surface area (Å²) in [6, 6.07) is 8.50. The summed E-state index contributed by atoms with van der Waals surface area (Å²) in [5, 5.41) is 4.65. The van der Waals surface area contributed by atoms with Crippen LogP contribution in [0.1, 0.15) is 24.6 Å². The molecule has 0 aliphatic carbocycles. The average Bonchev–Trinajstić information content (AvgIpc) is 2.97. The Labute approximate surface area is 127 Å². The van der Waals surface area contributed by atoms with Crippen LogP contribution in [0.2, 0.25) is 0 Å². The molecule has 0 amide bonds. The van der Waals surface area contributed by atoms with Crippen molar-refractivity contribution < 1.29 is 0 Å². The first-order chi connectivity index (χ1) is 9.69. The molecular weight excluding hydrogens is 286 g/mol. The molecule has 2 aromatic heterocycles. The highest BCUT2D eigenvalue weighted by molar-refractivity contribution is 8.01. The second-order valence-corrected chi connectivity index (χ2v) is 7.12. The highest BCUT2D eigenvalue weighted by atomic mass is 32.2.